The first-order valence-corrected chi connectivity index (χ1v) is 6.92. The molecule has 1 aromatic heterocycles. The predicted octanol–water partition coefficient (Wildman–Crippen LogP) is 2.44. The highest BCUT2D eigenvalue weighted by Crippen LogP contribution is 2.23. The van der Waals surface area contributed by atoms with Crippen LogP contribution in [0.4, 0.5) is 5.69 Å². The number of hydrogen-bond donors (Lipinski definition) is 2. The maximum absolute atomic E-state index is 11.6. The van der Waals surface area contributed by atoms with E-state index in [1.807, 2.05) is 30.3 Å². The normalized spacial score (nSPS) is 10.0. The van der Waals surface area contributed by atoms with E-state index >= 15 is 0 Å². The number of halogens is 1. The lowest BCUT2D eigenvalue weighted by Gasteiger charge is -2.09. The second-order valence-corrected chi connectivity index (χ2v) is 5.06. The molecule has 0 fully saturated rings. The van der Waals surface area contributed by atoms with Crippen molar-refractivity contribution in [2.45, 2.75) is 6.42 Å². The Balaban J connectivity index is 2.03. The Kier molecular flexibility index (Phi) is 4.91. The van der Waals surface area contributed by atoms with Crippen molar-refractivity contribution in [2.75, 3.05) is 18.4 Å². The van der Waals surface area contributed by atoms with Crippen LogP contribution >= 0.6 is 15.9 Å². The van der Waals surface area contributed by atoms with Gasteiger partial charge in [-0.25, -0.2) is 0 Å². The van der Waals surface area contributed by atoms with Crippen LogP contribution in [0.2, 0.25) is 0 Å². The maximum Gasteiger partial charge on any atom is 0.239 e. The van der Waals surface area contributed by atoms with E-state index in [0.29, 0.717) is 13.0 Å². The number of nitrogens with zero attached hydrogens (tertiary/aromatic N) is 2. The predicted molar refractivity (Wildman–Crippen MR) is 81.2 cm³/mol. The van der Waals surface area contributed by atoms with Crippen molar-refractivity contribution in [3.05, 3.63) is 34.9 Å². The molecule has 2 rings (SSSR count). The molecule has 6 heteroatoms. The highest BCUT2D eigenvalue weighted by Gasteiger charge is 2.05. The lowest BCUT2D eigenvalue weighted by atomic mass is 10.2. The van der Waals surface area contributed by atoms with E-state index in [-0.39, 0.29) is 12.5 Å². The van der Waals surface area contributed by atoms with Gasteiger partial charge in [0.1, 0.15) is 0 Å². The molecule has 0 saturated heterocycles. The molecule has 20 heavy (non-hydrogen) atoms. The molecular weight excluding hydrogens is 320 g/mol. The molecule has 1 aromatic carbocycles. The lowest BCUT2D eigenvalue weighted by Crippen LogP contribution is -2.30. The number of benzene rings is 1. The summed E-state index contributed by atoms with van der Waals surface area (Å²) >= 11 is 3.38. The summed E-state index contributed by atoms with van der Waals surface area (Å²) in [5, 5.41) is 15.1. The molecule has 0 unspecified atom stereocenters. The summed E-state index contributed by atoms with van der Waals surface area (Å²) in [6.07, 6.45) is 2.04. The minimum absolute atomic E-state index is 0.144. The van der Waals surface area contributed by atoms with Gasteiger partial charge in [-0.2, -0.15) is 5.26 Å². The average molecular weight is 333 g/mol. The van der Waals surface area contributed by atoms with E-state index < -0.39 is 0 Å². The molecule has 2 aromatic rings. The van der Waals surface area contributed by atoms with Crippen LogP contribution < -0.4 is 10.6 Å². The summed E-state index contributed by atoms with van der Waals surface area (Å²) in [5.74, 6) is -0.144. The Bertz CT molecular complexity index is 666. The number of aromatic nitrogens is 1. The Morgan fingerprint density at radius 1 is 1.45 bits per heavy atom. The van der Waals surface area contributed by atoms with E-state index in [0.717, 1.165) is 21.1 Å². The van der Waals surface area contributed by atoms with E-state index in [4.69, 9.17) is 5.26 Å². The van der Waals surface area contributed by atoms with Gasteiger partial charge >= 0.3 is 0 Å². The molecule has 0 atom stereocenters. The van der Waals surface area contributed by atoms with Gasteiger partial charge in [-0.15, -0.1) is 0 Å². The molecular formula is C14H13BrN4O. The molecule has 0 aliphatic heterocycles. The summed E-state index contributed by atoms with van der Waals surface area (Å²) in [4.78, 5) is 15.9. The zero-order valence-electron chi connectivity index (χ0n) is 10.7. The Morgan fingerprint density at radius 3 is 3.10 bits per heavy atom. The van der Waals surface area contributed by atoms with Crippen molar-refractivity contribution in [1.29, 1.82) is 5.26 Å². The molecule has 0 bridgehead atoms. The van der Waals surface area contributed by atoms with Gasteiger partial charge in [0.05, 0.1) is 30.2 Å². The number of carbonyl (C=O) groups excluding carboxylic acids is 1. The quantitative estimate of drug-likeness (QED) is 0.824. The lowest BCUT2D eigenvalue weighted by molar-refractivity contribution is -0.119. The van der Waals surface area contributed by atoms with Crippen LogP contribution in [-0.2, 0) is 4.79 Å². The van der Waals surface area contributed by atoms with E-state index in [1.165, 1.54) is 0 Å². The molecule has 2 N–H and O–H groups in total. The van der Waals surface area contributed by atoms with Crippen molar-refractivity contribution in [1.82, 2.24) is 10.3 Å². The topological polar surface area (TPSA) is 77.8 Å². The Labute approximate surface area is 125 Å². The Hall–Kier alpha value is -2.13. The Morgan fingerprint density at radius 2 is 2.30 bits per heavy atom. The minimum atomic E-state index is -0.144. The van der Waals surface area contributed by atoms with Crippen LogP contribution in [-0.4, -0.2) is 24.0 Å². The van der Waals surface area contributed by atoms with Crippen molar-refractivity contribution in [3.63, 3.8) is 0 Å². The van der Waals surface area contributed by atoms with E-state index in [2.05, 4.69) is 31.5 Å². The highest BCUT2D eigenvalue weighted by atomic mass is 79.9. The first-order chi connectivity index (χ1) is 9.70. The number of hydrogen-bond acceptors (Lipinski definition) is 4. The number of nitrogens with one attached hydrogen (secondary N) is 2. The molecule has 1 heterocycles. The third-order valence-electron chi connectivity index (χ3n) is 2.68. The fraction of sp³-hybridized carbons (Fsp3) is 0.214. The molecule has 102 valence electrons. The van der Waals surface area contributed by atoms with Crippen LogP contribution in [0.5, 0.6) is 0 Å². The molecule has 1 amide bonds. The van der Waals surface area contributed by atoms with Crippen LogP contribution in [0, 0.1) is 11.3 Å². The number of carbonyl (C=O) groups is 1. The fourth-order valence-corrected chi connectivity index (χ4v) is 2.12. The average Bonchev–Trinajstić information content (AvgIpc) is 2.45. The van der Waals surface area contributed by atoms with Gasteiger partial charge in [0.25, 0.3) is 0 Å². The van der Waals surface area contributed by atoms with Gasteiger partial charge in [-0.3, -0.25) is 9.78 Å². The van der Waals surface area contributed by atoms with Gasteiger partial charge in [0.15, 0.2) is 0 Å². The van der Waals surface area contributed by atoms with Crippen molar-refractivity contribution in [3.8, 4) is 6.07 Å². The smallest absolute Gasteiger partial charge is 0.239 e. The largest absolute Gasteiger partial charge is 0.374 e. The summed E-state index contributed by atoms with van der Waals surface area (Å²) < 4.78 is 0.913. The van der Waals surface area contributed by atoms with Crippen LogP contribution in [0.25, 0.3) is 10.9 Å². The molecule has 0 spiro atoms. The number of pyridine rings is 1. The van der Waals surface area contributed by atoms with Crippen LogP contribution in [0.3, 0.4) is 0 Å². The van der Waals surface area contributed by atoms with E-state index in [1.54, 1.807) is 6.20 Å². The second-order valence-electron chi connectivity index (χ2n) is 4.14. The number of para-hydroxylation sites is 1. The first-order valence-electron chi connectivity index (χ1n) is 6.12. The fourth-order valence-electron chi connectivity index (χ4n) is 1.77. The second kappa shape index (κ2) is 6.87. The summed E-state index contributed by atoms with van der Waals surface area (Å²) in [5.41, 5.74) is 1.63. The molecule has 5 nitrogen and oxygen atoms in total. The standard InChI is InChI=1S/C14H13BrN4O/c15-11-7-10-3-1-4-12(14(10)19-8-11)18-9-13(20)17-6-2-5-16/h1,3-4,7-8,18H,2,6,9H2,(H,17,20). The van der Waals surface area contributed by atoms with Gasteiger partial charge in [0, 0.05) is 22.6 Å². The zero-order chi connectivity index (χ0) is 14.4. The van der Waals surface area contributed by atoms with E-state index in [9.17, 15) is 4.79 Å². The SMILES string of the molecule is N#CCCNC(=O)CNc1cccc2cc(Br)cnc12. The van der Waals surface area contributed by atoms with Gasteiger partial charge in [0.2, 0.25) is 5.91 Å². The summed E-state index contributed by atoms with van der Waals surface area (Å²) in [7, 11) is 0. The van der Waals surface area contributed by atoms with Gasteiger partial charge < -0.3 is 10.6 Å². The number of anilines is 1. The third-order valence-corrected chi connectivity index (χ3v) is 3.11. The third kappa shape index (κ3) is 3.68. The zero-order valence-corrected chi connectivity index (χ0v) is 12.3. The van der Waals surface area contributed by atoms with Gasteiger partial charge in [-0.05, 0) is 28.1 Å². The number of nitriles is 1. The number of fused-ring (bicyclic) bond motifs is 1. The van der Waals surface area contributed by atoms with Gasteiger partial charge in [-0.1, -0.05) is 12.1 Å². The van der Waals surface area contributed by atoms with Crippen LogP contribution in [0.1, 0.15) is 6.42 Å². The minimum Gasteiger partial charge on any atom is -0.374 e. The molecule has 0 radical (unpaired) electrons. The van der Waals surface area contributed by atoms with Crippen molar-refractivity contribution in [2.24, 2.45) is 0 Å². The monoisotopic (exact) mass is 332 g/mol. The number of amides is 1. The van der Waals surface area contributed by atoms with Crippen molar-refractivity contribution < 1.29 is 4.79 Å². The number of rotatable bonds is 5. The summed E-state index contributed by atoms with van der Waals surface area (Å²) in [6, 6.07) is 9.70. The maximum atomic E-state index is 11.6. The van der Waals surface area contributed by atoms with Crippen LogP contribution in [0.15, 0.2) is 34.9 Å². The summed E-state index contributed by atoms with van der Waals surface area (Å²) in [6.45, 7) is 0.528. The highest BCUT2D eigenvalue weighted by molar-refractivity contribution is 9.10. The first kappa shape index (κ1) is 14.3. The molecule has 0 saturated carbocycles. The molecule has 0 aliphatic carbocycles. The van der Waals surface area contributed by atoms with Crippen molar-refractivity contribution >= 4 is 38.4 Å². The molecule has 0 aliphatic rings.